The zero-order chi connectivity index (χ0) is 14.5. The molecule has 4 heteroatoms. The Kier molecular flexibility index (Phi) is 5.28. The number of piperidine rings is 1. The molecule has 1 aromatic rings. The molecule has 1 N–H and O–H groups in total. The molecule has 2 rings (SSSR count). The third kappa shape index (κ3) is 3.65. The van der Waals surface area contributed by atoms with Crippen LogP contribution in [0.2, 0.25) is 5.02 Å². The van der Waals surface area contributed by atoms with E-state index in [4.69, 9.17) is 16.9 Å². The average Bonchev–Trinajstić information content (AvgIpc) is 2.47. The van der Waals surface area contributed by atoms with Crippen molar-refractivity contribution in [2.45, 2.75) is 32.7 Å². The summed E-state index contributed by atoms with van der Waals surface area (Å²) in [6, 6.07) is 8.05. The zero-order valence-electron chi connectivity index (χ0n) is 12.2. The van der Waals surface area contributed by atoms with Gasteiger partial charge in [0.1, 0.15) is 6.07 Å². The average molecular weight is 292 g/mol. The Morgan fingerprint density at radius 3 is 3.00 bits per heavy atom. The van der Waals surface area contributed by atoms with E-state index in [1.807, 2.05) is 12.1 Å². The molecule has 2 unspecified atom stereocenters. The quantitative estimate of drug-likeness (QED) is 0.918. The second kappa shape index (κ2) is 6.97. The maximum absolute atomic E-state index is 8.89. The molecule has 0 amide bonds. The van der Waals surface area contributed by atoms with E-state index in [2.05, 4.69) is 30.1 Å². The van der Waals surface area contributed by atoms with Gasteiger partial charge in [-0.15, -0.1) is 0 Å². The van der Waals surface area contributed by atoms with Crippen molar-refractivity contribution < 1.29 is 0 Å². The van der Waals surface area contributed by atoms with Gasteiger partial charge in [-0.2, -0.15) is 5.26 Å². The number of nitrogens with one attached hydrogen (secondary N) is 1. The molecule has 1 saturated heterocycles. The van der Waals surface area contributed by atoms with Crippen LogP contribution in [0.25, 0.3) is 0 Å². The van der Waals surface area contributed by atoms with E-state index in [0.717, 1.165) is 18.8 Å². The second-order valence-electron chi connectivity index (χ2n) is 5.53. The van der Waals surface area contributed by atoms with Crippen LogP contribution in [0.15, 0.2) is 18.2 Å². The predicted octanol–water partition coefficient (Wildman–Crippen LogP) is 3.74. The van der Waals surface area contributed by atoms with Crippen molar-refractivity contribution in [3.8, 4) is 6.07 Å². The number of hydrogen-bond donors (Lipinski definition) is 1. The molecule has 108 valence electrons. The standard InChI is InChI=1S/C16H22ClN3/c1-3-20-8-4-5-14(11-20)12(2)19-15-7-6-13(10-18)16(17)9-15/h6-7,9,12,14,19H,3-5,8,11H2,1-2H3. The Bertz CT molecular complexity index is 495. The summed E-state index contributed by atoms with van der Waals surface area (Å²) in [6.45, 7) is 7.97. The normalized spacial score (nSPS) is 21.2. The molecule has 3 nitrogen and oxygen atoms in total. The Morgan fingerprint density at radius 1 is 1.55 bits per heavy atom. The summed E-state index contributed by atoms with van der Waals surface area (Å²) in [7, 11) is 0. The minimum atomic E-state index is 0.411. The van der Waals surface area contributed by atoms with Gasteiger partial charge in [0.05, 0.1) is 10.6 Å². The molecule has 2 atom stereocenters. The maximum Gasteiger partial charge on any atom is 0.101 e. The van der Waals surface area contributed by atoms with Gasteiger partial charge in [0.15, 0.2) is 0 Å². The van der Waals surface area contributed by atoms with Crippen molar-refractivity contribution in [3.63, 3.8) is 0 Å². The lowest BCUT2D eigenvalue weighted by Crippen LogP contribution is -2.41. The number of benzene rings is 1. The first-order chi connectivity index (χ1) is 9.63. The van der Waals surface area contributed by atoms with Gasteiger partial charge in [-0.05, 0) is 57.0 Å². The minimum absolute atomic E-state index is 0.411. The first-order valence-corrected chi connectivity index (χ1v) is 7.70. The Balaban J connectivity index is 1.99. The number of likely N-dealkylation sites (tertiary alicyclic amines) is 1. The van der Waals surface area contributed by atoms with Crippen molar-refractivity contribution >= 4 is 17.3 Å². The lowest BCUT2D eigenvalue weighted by atomic mass is 9.91. The number of rotatable bonds is 4. The highest BCUT2D eigenvalue weighted by Gasteiger charge is 2.23. The third-order valence-corrected chi connectivity index (χ3v) is 4.49. The molecule has 1 fully saturated rings. The summed E-state index contributed by atoms with van der Waals surface area (Å²) in [5.74, 6) is 0.665. The van der Waals surface area contributed by atoms with Crippen molar-refractivity contribution in [1.29, 1.82) is 5.26 Å². The summed E-state index contributed by atoms with van der Waals surface area (Å²) in [4.78, 5) is 2.51. The number of nitrogens with zero attached hydrogens (tertiary/aromatic N) is 2. The smallest absolute Gasteiger partial charge is 0.101 e. The van der Waals surface area contributed by atoms with E-state index in [1.165, 1.54) is 19.4 Å². The highest BCUT2D eigenvalue weighted by Crippen LogP contribution is 2.25. The molecular formula is C16H22ClN3. The van der Waals surface area contributed by atoms with Crippen LogP contribution in [0.4, 0.5) is 5.69 Å². The van der Waals surface area contributed by atoms with Crippen molar-refractivity contribution in [2.75, 3.05) is 25.0 Å². The van der Waals surface area contributed by atoms with Gasteiger partial charge in [0.25, 0.3) is 0 Å². The molecule has 0 spiro atoms. The van der Waals surface area contributed by atoms with Gasteiger partial charge in [-0.3, -0.25) is 0 Å². The van der Waals surface area contributed by atoms with E-state index in [0.29, 0.717) is 22.5 Å². The van der Waals surface area contributed by atoms with Gasteiger partial charge in [-0.25, -0.2) is 0 Å². The SMILES string of the molecule is CCN1CCCC(C(C)Nc2ccc(C#N)c(Cl)c2)C1. The fraction of sp³-hybridized carbons (Fsp3) is 0.562. The van der Waals surface area contributed by atoms with Crippen LogP contribution in [0.5, 0.6) is 0 Å². The zero-order valence-corrected chi connectivity index (χ0v) is 13.0. The molecule has 1 aromatic carbocycles. The molecule has 1 heterocycles. The van der Waals surface area contributed by atoms with Gasteiger partial charge >= 0.3 is 0 Å². The fourth-order valence-corrected chi connectivity index (χ4v) is 3.09. The van der Waals surface area contributed by atoms with Gasteiger partial charge in [0, 0.05) is 18.3 Å². The Hall–Kier alpha value is -1.24. The van der Waals surface area contributed by atoms with Crippen LogP contribution in [0.3, 0.4) is 0 Å². The Labute approximate surface area is 126 Å². The predicted molar refractivity (Wildman–Crippen MR) is 84.1 cm³/mol. The van der Waals surface area contributed by atoms with Crippen LogP contribution in [0.1, 0.15) is 32.3 Å². The summed E-state index contributed by atoms with van der Waals surface area (Å²) < 4.78 is 0. The second-order valence-corrected chi connectivity index (χ2v) is 5.94. The van der Waals surface area contributed by atoms with Gasteiger partial charge in [-0.1, -0.05) is 18.5 Å². The highest BCUT2D eigenvalue weighted by molar-refractivity contribution is 6.32. The minimum Gasteiger partial charge on any atom is -0.382 e. The molecule has 0 radical (unpaired) electrons. The highest BCUT2D eigenvalue weighted by atomic mass is 35.5. The number of anilines is 1. The first-order valence-electron chi connectivity index (χ1n) is 7.32. The lowest BCUT2D eigenvalue weighted by Gasteiger charge is -2.35. The molecule has 0 bridgehead atoms. The summed E-state index contributed by atoms with van der Waals surface area (Å²) >= 11 is 6.07. The van der Waals surface area contributed by atoms with E-state index in [1.54, 1.807) is 6.07 Å². The first kappa shape index (κ1) is 15.2. The van der Waals surface area contributed by atoms with Crippen LogP contribution in [0, 0.1) is 17.2 Å². The third-order valence-electron chi connectivity index (χ3n) is 4.18. The molecule has 1 aliphatic heterocycles. The van der Waals surface area contributed by atoms with Crippen LogP contribution in [-0.2, 0) is 0 Å². The van der Waals surface area contributed by atoms with Gasteiger partial charge < -0.3 is 10.2 Å². The molecule has 1 aliphatic rings. The van der Waals surface area contributed by atoms with E-state index < -0.39 is 0 Å². The summed E-state index contributed by atoms with van der Waals surface area (Å²) in [6.07, 6.45) is 2.55. The largest absolute Gasteiger partial charge is 0.382 e. The molecule has 0 saturated carbocycles. The lowest BCUT2D eigenvalue weighted by molar-refractivity contribution is 0.172. The van der Waals surface area contributed by atoms with E-state index in [-0.39, 0.29) is 0 Å². The monoisotopic (exact) mass is 291 g/mol. The number of nitriles is 1. The van der Waals surface area contributed by atoms with Crippen LogP contribution >= 0.6 is 11.6 Å². The van der Waals surface area contributed by atoms with Crippen LogP contribution in [-0.4, -0.2) is 30.6 Å². The molecule has 0 aliphatic carbocycles. The van der Waals surface area contributed by atoms with Crippen molar-refractivity contribution in [2.24, 2.45) is 5.92 Å². The molecule has 0 aromatic heterocycles. The maximum atomic E-state index is 8.89. The number of hydrogen-bond acceptors (Lipinski definition) is 3. The fourth-order valence-electron chi connectivity index (χ4n) is 2.86. The topological polar surface area (TPSA) is 39.1 Å². The van der Waals surface area contributed by atoms with E-state index in [9.17, 15) is 0 Å². The van der Waals surface area contributed by atoms with Crippen LogP contribution < -0.4 is 5.32 Å². The van der Waals surface area contributed by atoms with Crippen molar-refractivity contribution in [1.82, 2.24) is 4.90 Å². The number of halogens is 1. The van der Waals surface area contributed by atoms with E-state index >= 15 is 0 Å². The van der Waals surface area contributed by atoms with Gasteiger partial charge in [0.2, 0.25) is 0 Å². The molecular weight excluding hydrogens is 270 g/mol. The van der Waals surface area contributed by atoms with Crippen molar-refractivity contribution in [3.05, 3.63) is 28.8 Å². The summed E-state index contributed by atoms with van der Waals surface area (Å²) in [5, 5.41) is 12.9. The Morgan fingerprint density at radius 2 is 2.35 bits per heavy atom. The summed E-state index contributed by atoms with van der Waals surface area (Å²) in [5.41, 5.74) is 1.52. The molecule has 20 heavy (non-hydrogen) atoms.